The van der Waals surface area contributed by atoms with Gasteiger partial charge in [0, 0.05) is 26.2 Å². The van der Waals surface area contributed by atoms with Crippen LogP contribution in [-0.2, 0) is 4.74 Å². The number of hydrogen-bond donors (Lipinski definition) is 2. The Bertz CT molecular complexity index is 246. The molecule has 1 unspecified atom stereocenters. The molecule has 2 N–H and O–H groups in total. The first-order valence-corrected chi connectivity index (χ1v) is 6.88. The van der Waals surface area contributed by atoms with Gasteiger partial charge in [-0.25, -0.2) is 4.79 Å². The van der Waals surface area contributed by atoms with Gasteiger partial charge in [-0.15, -0.1) is 0 Å². The predicted molar refractivity (Wildman–Crippen MR) is 70.5 cm³/mol. The van der Waals surface area contributed by atoms with Gasteiger partial charge in [0.2, 0.25) is 0 Å². The third kappa shape index (κ3) is 6.21. The Hall–Kier alpha value is -0.810. The molecule has 0 bridgehead atoms. The summed E-state index contributed by atoms with van der Waals surface area (Å²) in [4.78, 5) is 13.4. The smallest absolute Gasteiger partial charge is 0.317 e. The average molecular weight is 258 g/mol. The summed E-state index contributed by atoms with van der Waals surface area (Å²) in [7, 11) is 0. The van der Waals surface area contributed by atoms with E-state index >= 15 is 0 Å². The van der Waals surface area contributed by atoms with Crippen LogP contribution in [-0.4, -0.2) is 55.0 Å². The third-order valence-electron chi connectivity index (χ3n) is 3.05. The highest BCUT2D eigenvalue weighted by Crippen LogP contribution is 2.09. The molecule has 2 amide bonds. The van der Waals surface area contributed by atoms with Crippen LogP contribution in [0.3, 0.4) is 0 Å². The molecule has 0 aromatic carbocycles. The minimum atomic E-state index is -0.369. The molecule has 5 heteroatoms. The number of carbonyl (C=O) groups excluding carboxylic acids is 1. The monoisotopic (exact) mass is 258 g/mol. The lowest BCUT2D eigenvalue weighted by atomic mass is 10.1. The molecule has 106 valence electrons. The van der Waals surface area contributed by atoms with Gasteiger partial charge in [-0.05, 0) is 25.2 Å². The maximum absolute atomic E-state index is 11.7. The molecule has 1 heterocycles. The van der Waals surface area contributed by atoms with E-state index in [1.165, 1.54) is 0 Å². The van der Waals surface area contributed by atoms with E-state index in [4.69, 9.17) is 4.74 Å². The van der Waals surface area contributed by atoms with E-state index in [-0.39, 0.29) is 12.1 Å². The maximum Gasteiger partial charge on any atom is 0.317 e. The van der Waals surface area contributed by atoms with Crippen molar-refractivity contribution in [2.24, 2.45) is 5.92 Å². The van der Waals surface area contributed by atoms with Crippen molar-refractivity contribution in [3.8, 4) is 0 Å². The van der Waals surface area contributed by atoms with Crippen LogP contribution in [0.2, 0.25) is 0 Å². The molecule has 1 rings (SSSR count). The first kappa shape index (κ1) is 15.2. The van der Waals surface area contributed by atoms with Gasteiger partial charge in [0.1, 0.15) is 0 Å². The molecule has 1 atom stereocenters. The quantitative estimate of drug-likeness (QED) is 0.704. The molecular formula is C13H26N2O3. The molecule has 1 saturated heterocycles. The molecule has 0 aliphatic carbocycles. The lowest BCUT2D eigenvalue weighted by Crippen LogP contribution is -2.47. The first-order chi connectivity index (χ1) is 8.59. The van der Waals surface area contributed by atoms with Crippen LogP contribution in [0, 0.1) is 5.92 Å². The largest absolute Gasteiger partial charge is 0.391 e. The summed E-state index contributed by atoms with van der Waals surface area (Å²) in [5.74, 6) is 0.648. The van der Waals surface area contributed by atoms with Crippen molar-refractivity contribution in [1.29, 1.82) is 0 Å². The van der Waals surface area contributed by atoms with Crippen molar-refractivity contribution in [1.82, 2.24) is 10.2 Å². The zero-order chi connectivity index (χ0) is 13.4. The van der Waals surface area contributed by atoms with Crippen LogP contribution < -0.4 is 5.32 Å². The summed E-state index contributed by atoms with van der Waals surface area (Å²) in [5.41, 5.74) is 0. The molecule has 1 fully saturated rings. The fraction of sp³-hybridized carbons (Fsp3) is 0.923. The van der Waals surface area contributed by atoms with Crippen LogP contribution >= 0.6 is 0 Å². The van der Waals surface area contributed by atoms with Crippen molar-refractivity contribution in [3.63, 3.8) is 0 Å². The Morgan fingerprint density at radius 2 is 2.28 bits per heavy atom. The molecule has 0 spiro atoms. The second-order valence-corrected chi connectivity index (χ2v) is 5.27. The number of likely N-dealkylation sites (tertiary alicyclic amines) is 1. The van der Waals surface area contributed by atoms with Gasteiger partial charge >= 0.3 is 6.03 Å². The van der Waals surface area contributed by atoms with Gasteiger partial charge in [-0.2, -0.15) is 0 Å². The summed E-state index contributed by atoms with van der Waals surface area (Å²) < 4.78 is 5.42. The minimum absolute atomic E-state index is 0.0961. The number of β-amino-alcohol motifs (C(OH)–C–C–N with tert-alkyl or cyclic N) is 1. The number of piperidine rings is 1. The van der Waals surface area contributed by atoms with Crippen molar-refractivity contribution < 1.29 is 14.6 Å². The van der Waals surface area contributed by atoms with Crippen LogP contribution in [0.15, 0.2) is 0 Å². The first-order valence-electron chi connectivity index (χ1n) is 6.88. The van der Waals surface area contributed by atoms with Crippen LogP contribution in [0.4, 0.5) is 4.79 Å². The second-order valence-electron chi connectivity index (χ2n) is 5.27. The summed E-state index contributed by atoms with van der Waals surface area (Å²) in [6, 6.07) is -0.0961. The maximum atomic E-state index is 11.7. The van der Waals surface area contributed by atoms with Crippen LogP contribution in [0.1, 0.15) is 33.1 Å². The predicted octanol–water partition coefficient (Wildman–Crippen LogP) is 1.22. The van der Waals surface area contributed by atoms with Crippen molar-refractivity contribution >= 4 is 6.03 Å². The van der Waals surface area contributed by atoms with E-state index in [2.05, 4.69) is 19.2 Å². The van der Waals surface area contributed by atoms with E-state index in [1.54, 1.807) is 4.90 Å². The molecule has 1 aliphatic rings. The van der Waals surface area contributed by atoms with Crippen molar-refractivity contribution in [2.45, 2.75) is 39.2 Å². The highest BCUT2D eigenvalue weighted by Gasteiger charge is 2.21. The number of carbonyl (C=O) groups is 1. The molecule has 0 saturated carbocycles. The Labute approximate surface area is 109 Å². The molecule has 5 nitrogen and oxygen atoms in total. The Balaban J connectivity index is 2.02. The second kappa shape index (κ2) is 8.32. The fourth-order valence-electron chi connectivity index (χ4n) is 1.90. The lowest BCUT2D eigenvalue weighted by Gasteiger charge is -2.30. The standard InChI is InChI=1S/C13H26N2O3/c1-11(2)5-8-18-9-6-14-13(17)15-7-3-4-12(16)10-15/h11-12,16H,3-10H2,1-2H3,(H,14,17). The van der Waals surface area contributed by atoms with Crippen LogP contribution in [0.25, 0.3) is 0 Å². The fourth-order valence-corrected chi connectivity index (χ4v) is 1.90. The van der Waals surface area contributed by atoms with Gasteiger partial charge < -0.3 is 20.1 Å². The summed E-state index contributed by atoms with van der Waals surface area (Å²) in [6.07, 6.45) is 2.35. The SMILES string of the molecule is CC(C)CCOCCNC(=O)N1CCCC(O)C1. The number of nitrogens with zero attached hydrogens (tertiary/aromatic N) is 1. The Kier molecular flexibility index (Phi) is 7.05. The Morgan fingerprint density at radius 3 is 2.94 bits per heavy atom. The number of ether oxygens (including phenoxy) is 1. The lowest BCUT2D eigenvalue weighted by molar-refractivity contribution is 0.0821. The number of amides is 2. The molecule has 0 aromatic rings. The van der Waals surface area contributed by atoms with Crippen LogP contribution in [0.5, 0.6) is 0 Å². The summed E-state index contributed by atoms with van der Waals surface area (Å²) in [5, 5.41) is 12.3. The van der Waals surface area contributed by atoms with Crippen molar-refractivity contribution in [2.75, 3.05) is 32.8 Å². The molecule has 0 aromatic heterocycles. The zero-order valence-electron chi connectivity index (χ0n) is 11.5. The topological polar surface area (TPSA) is 61.8 Å². The average Bonchev–Trinajstić information content (AvgIpc) is 2.33. The number of hydrogen-bond acceptors (Lipinski definition) is 3. The van der Waals surface area contributed by atoms with E-state index in [9.17, 15) is 9.90 Å². The number of rotatable bonds is 6. The number of nitrogens with one attached hydrogen (secondary N) is 1. The zero-order valence-corrected chi connectivity index (χ0v) is 11.5. The van der Waals surface area contributed by atoms with E-state index < -0.39 is 0 Å². The molecule has 0 radical (unpaired) electrons. The number of urea groups is 1. The summed E-state index contributed by atoms with van der Waals surface area (Å²) >= 11 is 0. The van der Waals surface area contributed by atoms with Gasteiger partial charge in [0.05, 0.1) is 12.7 Å². The highest BCUT2D eigenvalue weighted by atomic mass is 16.5. The normalized spacial score (nSPS) is 20.2. The number of aliphatic hydroxyl groups is 1. The van der Waals surface area contributed by atoms with E-state index in [0.29, 0.717) is 25.6 Å². The van der Waals surface area contributed by atoms with E-state index in [0.717, 1.165) is 32.4 Å². The van der Waals surface area contributed by atoms with E-state index in [1.807, 2.05) is 0 Å². The minimum Gasteiger partial charge on any atom is -0.391 e. The highest BCUT2D eigenvalue weighted by molar-refractivity contribution is 5.74. The van der Waals surface area contributed by atoms with Gasteiger partial charge in [0.25, 0.3) is 0 Å². The molecular weight excluding hydrogens is 232 g/mol. The van der Waals surface area contributed by atoms with Gasteiger partial charge in [-0.3, -0.25) is 0 Å². The van der Waals surface area contributed by atoms with Gasteiger partial charge in [0.15, 0.2) is 0 Å². The summed E-state index contributed by atoms with van der Waals surface area (Å²) in [6.45, 7) is 7.32. The van der Waals surface area contributed by atoms with Gasteiger partial charge in [-0.1, -0.05) is 13.8 Å². The van der Waals surface area contributed by atoms with Crippen molar-refractivity contribution in [3.05, 3.63) is 0 Å². The third-order valence-corrected chi connectivity index (χ3v) is 3.05. The molecule has 18 heavy (non-hydrogen) atoms. The Morgan fingerprint density at radius 1 is 1.50 bits per heavy atom. The number of aliphatic hydroxyl groups excluding tert-OH is 1. The molecule has 1 aliphatic heterocycles.